The summed E-state index contributed by atoms with van der Waals surface area (Å²) in [6.45, 7) is 1.45. The number of aliphatic hydroxyl groups is 1. The fraction of sp³-hybridized carbons (Fsp3) is 0.571. The van der Waals surface area contributed by atoms with Gasteiger partial charge in [-0.3, -0.25) is 5.10 Å². The molecule has 1 unspecified atom stereocenters. The van der Waals surface area contributed by atoms with Crippen molar-refractivity contribution in [1.29, 1.82) is 0 Å². The van der Waals surface area contributed by atoms with Crippen LogP contribution in [0.5, 0.6) is 0 Å². The van der Waals surface area contributed by atoms with Gasteiger partial charge in [0.05, 0.1) is 16.8 Å². The molecule has 0 saturated carbocycles. The molecule has 0 aromatic carbocycles. The van der Waals surface area contributed by atoms with Gasteiger partial charge in [-0.25, -0.2) is 0 Å². The third-order valence-electron chi connectivity index (χ3n) is 1.54. The van der Waals surface area contributed by atoms with Crippen molar-refractivity contribution in [2.45, 2.75) is 25.6 Å². The fourth-order valence-electron chi connectivity index (χ4n) is 0.983. The predicted octanol–water partition coefficient (Wildman–Crippen LogP) is 2.01. The fourth-order valence-corrected chi connectivity index (χ4v) is 1.25. The van der Waals surface area contributed by atoms with Crippen LogP contribution in [-0.4, -0.2) is 21.4 Å². The molecule has 0 amide bonds. The molecule has 0 radical (unpaired) electrons. The van der Waals surface area contributed by atoms with Gasteiger partial charge in [-0.05, 0) is 6.92 Å². The summed E-state index contributed by atoms with van der Waals surface area (Å²) in [5.74, 6) is 0. The molecule has 7 heteroatoms. The third kappa shape index (κ3) is 2.39. The van der Waals surface area contributed by atoms with E-state index in [2.05, 4.69) is 10.2 Å². The van der Waals surface area contributed by atoms with E-state index in [0.29, 0.717) is 0 Å². The van der Waals surface area contributed by atoms with Gasteiger partial charge in [-0.2, -0.15) is 18.3 Å². The van der Waals surface area contributed by atoms with E-state index < -0.39 is 23.0 Å². The number of nitrogens with one attached hydrogen (secondary N) is 1. The Morgan fingerprint density at radius 2 is 2.14 bits per heavy atom. The zero-order chi connectivity index (χ0) is 10.9. The smallest absolute Gasteiger partial charge is 0.393 e. The molecule has 0 saturated heterocycles. The number of aromatic amines is 1. The molecular formula is C7H8ClF3N2O. The van der Waals surface area contributed by atoms with E-state index in [0.717, 1.165) is 0 Å². The Hall–Kier alpha value is -0.750. The zero-order valence-electron chi connectivity index (χ0n) is 7.19. The van der Waals surface area contributed by atoms with Crippen LogP contribution in [0.2, 0.25) is 5.02 Å². The largest absolute Gasteiger partial charge is 0.436 e. The molecule has 80 valence electrons. The maximum Gasteiger partial charge on any atom is 0.436 e. The van der Waals surface area contributed by atoms with Crippen LogP contribution in [0.4, 0.5) is 13.2 Å². The highest BCUT2D eigenvalue weighted by atomic mass is 35.5. The van der Waals surface area contributed by atoms with Crippen LogP contribution < -0.4 is 0 Å². The van der Waals surface area contributed by atoms with Crippen LogP contribution in [0, 0.1) is 0 Å². The minimum atomic E-state index is -4.56. The van der Waals surface area contributed by atoms with Crippen molar-refractivity contribution in [3.8, 4) is 0 Å². The Labute approximate surface area is 82.9 Å². The van der Waals surface area contributed by atoms with Gasteiger partial charge in [0.25, 0.3) is 0 Å². The molecule has 0 fully saturated rings. The van der Waals surface area contributed by atoms with Gasteiger partial charge in [0.15, 0.2) is 5.69 Å². The summed E-state index contributed by atoms with van der Waals surface area (Å²) in [5, 5.41) is 13.7. The maximum atomic E-state index is 12.2. The summed E-state index contributed by atoms with van der Waals surface area (Å²) in [6, 6.07) is 0. The summed E-state index contributed by atoms with van der Waals surface area (Å²) >= 11 is 5.43. The quantitative estimate of drug-likeness (QED) is 0.814. The van der Waals surface area contributed by atoms with Gasteiger partial charge < -0.3 is 5.11 Å². The van der Waals surface area contributed by atoms with E-state index in [-0.39, 0.29) is 12.1 Å². The Morgan fingerprint density at radius 1 is 1.57 bits per heavy atom. The summed E-state index contributed by atoms with van der Waals surface area (Å²) < 4.78 is 36.5. The first-order chi connectivity index (χ1) is 6.32. The number of halogens is 4. The third-order valence-corrected chi connectivity index (χ3v) is 1.95. The second-order valence-corrected chi connectivity index (χ2v) is 3.29. The SMILES string of the molecule is CC(O)Cc1[nH]nc(C(F)(F)F)c1Cl. The molecule has 1 atom stereocenters. The van der Waals surface area contributed by atoms with Gasteiger partial charge in [0.1, 0.15) is 0 Å². The number of aliphatic hydroxyl groups excluding tert-OH is 1. The first kappa shape index (κ1) is 11.3. The van der Waals surface area contributed by atoms with E-state index in [1.54, 1.807) is 0 Å². The number of alkyl halides is 3. The Morgan fingerprint density at radius 3 is 2.50 bits per heavy atom. The van der Waals surface area contributed by atoms with E-state index in [9.17, 15) is 13.2 Å². The number of hydrogen-bond acceptors (Lipinski definition) is 2. The summed E-state index contributed by atoms with van der Waals surface area (Å²) in [5.41, 5.74) is -1.05. The second kappa shape index (κ2) is 3.78. The number of aromatic nitrogens is 2. The Kier molecular flexibility index (Phi) is 3.06. The van der Waals surface area contributed by atoms with Crippen LogP contribution in [-0.2, 0) is 12.6 Å². The first-order valence-corrected chi connectivity index (χ1v) is 4.18. The molecule has 0 aliphatic heterocycles. The van der Waals surface area contributed by atoms with Crippen LogP contribution in [0.25, 0.3) is 0 Å². The molecule has 1 aromatic heterocycles. The molecule has 0 bridgehead atoms. The average molecular weight is 229 g/mol. The zero-order valence-corrected chi connectivity index (χ0v) is 7.95. The topological polar surface area (TPSA) is 48.9 Å². The van der Waals surface area contributed by atoms with Crippen LogP contribution in [0.3, 0.4) is 0 Å². The van der Waals surface area contributed by atoms with Crippen LogP contribution in [0.1, 0.15) is 18.3 Å². The highest BCUT2D eigenvalue weighted by Gasteiger charge is 2.37. The van der Waals surface area contributed by atoms with Crippen LogP contribution >= 0.6 is 11.6 Å². The molecule has 1 heterocycles. The van der Waals surface area contributed by atoms with Gasteiger partial charge in [-0.1, -0.05) is 11.6 Å². The number of rotatable bonds is 2. The minimum Gasteiger partial charge on any atom is -0.393 e. The maximum absolute atomic E-state index is 12.2. The molecule has 1 rings (SSSR count). The van der Waals surface area contributed by atoms with Gasteiger partial charge >= 0.3 is 6.18 Å². The normalized spacial score (nSPS) is 14.4. The lowest BCUT2D eigenvalue weighted by Crippen LogP contribution is -2.07. The van der Waals surface area contributed by atoms with Crippen molar-refractivity contribution in [3.05, 3.63) is 16.4 Å². The number of hydrogen-bond donors (Lipinski definition) is 2. The second-order valence-electron chi connectivity index (χ2n) is 2.92. The van der Waals surface area contributed by atoms with Gasteiger partial charge in [0.2, 0.25) is 0 Å². The van der Waals surface area contributed by atoms with E-state index in [1.165, 1.54) is 6.92 Å². The first-order valence-electron chi connectivity index (χ1n) is 3.80. The molecule has 14 heavy (non-hydrogen) atoms. The monoisotopic (exact) mass is 228 g/mol. The lowest BCUT2D eigenvalue weighted by molar-refractivity contribution is -0.141. The molecule has 1 aromatic rings. The lowest BCUT2D eigenvalue weighted by Gasteiger charge is -2.03. The minimum absolute atomic E-state index is 0.0158. The van der Waals surface area contributed by atoms with Crippen molar-refractivity contribution < 1.29 is 18.3 Å². The van der Waals surface area contributed by atoms with Gasteiger partial charge in [0, 0.05) is 6.42 Å². The van der Waals surface area contributed by atoms with Crippen molar-refractivity contribution in [3.63, 3.8) is 0 Å². The highest BCUT2D eigenvalue weighted by molar-refractivity contribution is 6.31. The number of nitrogens with zero attached hydrogens (tertiary/aromatic N) is 1. The van der Waals surface area contributed by atoms with E-state index in [1.807, 2.05) is 0 Å². The molecule has 2 N–H and O–H groups in total. The summed E-state index contributed by atoms with van der Waals surface area (Å²) in [7, 11) is 0. The standard InChI is InChI=1S/C7H8ClF3N2O/c1-3(14)2-4-5(8)6(13-12-4)7(9,10)11/h3,14H,2H2,1H3,(H,12,13). The van der Waals surface area contributed by atoms with Gasteiger partial charge in [-0.15, -0.1) is 0 Å². The van der Waals surface area contributed by atoms with Crippen molar-refractivity contribution in [2.75, 3.05) is 0 Å². The van der Waals surface area contributed by atoms with Crippen molar-refractivity contribution in [1.82, 2.24) is 10.2 Å². The molecule has 0 spiro atoms. The summed E-state index contributed by atoms with van der Waals surface area (Å²) in [6.07, 6.45) is -5.32. The number of H-pyrrole nitrogens is 1. The lowest BCUT2D eigenvalue weighted by atomic mass is 10.2. The average Bonchev–Trinajstić information content (AvgIpc) is 2.30. The van der Waals surface area contributed by atoms with Crippen molar-refractivity contribution >= 4 is 11.6 Å². The highest BCUT2D eigenvalue weighted by Crippen LogP contribution is 2.34. The molecule has 3 nitrogen and oxygen atoms in total. The van der Waals surface area contributed by atoms with E-state index in [4.69, 9.17) is 16.7 Å². The van der Waals surface area contributed by atoms with E-state index >= 15 is 0 Å². The van der Waals surface area contributed by atoms with Crippen molar-refractivity contribution in [2.24, 2.45) is 0 Å². The molecule has 0 aliphatic carbocycles. The Bertz CT molecular complexity index is 321. The molecule has 0 aliphatic rings. The molecular weight excluding hydrogens is 221 g/mol. The van der Waals surface area contributed by atoms with Crippen LogP contribution in [0.15, 0.2) is 0 Å². The predicted molar refractivity (Wildman–Crippen MR) is 44.0 cm³/mol. The summed E-state index contributed by atoms with van der Waals surface area (Å²) in [4.78, 5) is 0. The Balaban J connectivity index is 2.97.